The number of hydrogen-bond donors (Lipinski definition) is 0. The molecule has 0 amide bonds. The van der Waals surface area contributed by atoms with Crippen molar-refractivity contribution < 1.29 is 9.22 Å². The molecule has 9 heavy (non-hydrogen) atoms. The molecule has 0 fully saturated rings. The van der Waals surface area contributed by atoms with E-state index >= 15 is 0 Å². The van der Waals surface area contributed by atoms with Crippen LogP contribution in [-0.2, 0) is 9.22 Å². The third-order valence-corrected chi connectivity index (χ3v) is 1.81. The molecular weight excluding hydrogens is 132 g/mol. The van der Waals surface area contributed by atoms with Crippen molar-refractivity contribution in [2.24, 2.45) is 0 Å². The normalized spacial score (nSPS) is 11.4. The maximum absolute atomic E-state index is 9.70. The molecule has 0 aromatic heterocycles. The minimum Gasteiger partial charge on any atom is -0.417 e. The molecule has 0 aromatic rings. The Morgan fingerprint density at radius 2 is 2.00 bits per heavy atom. The van der Waals surface area contributed by atoms with E-state index in [9.17, 15) is 4.79 Å². The minimum absolute atomic E-state index is 0.407. The fraction of sp³-hybridized carbons (Fsp3) is 0.833. The van der Waals surface area contributed by atoms with Crippen LogP contribution < -0.4 is 0 Å². The highest BCUT2D eigenvalue weighted by Crippen LogP contribution is 2.01. The fourth-order valence-electron chi connectivity index (χ4n) is 0.399. The predicted molar refractivity (Wildman–Crippen MR) is 39.6 cm³/mol. The van der Waals surface area contributed by atoms with Crippen LogP contribution in [0.3, 0.4) is 0 Å². The van der Waals surface area contributed by atoms with Crippen molar-refractivity contribution in [1.29, 1.82) is 0 Å². The number of rotatable bonds is 4. The lowest BCUT2D eigenvalue weighted by Gasteiger charge is -2.15. The smallest absolute Gasteiger partial charge is 0.200 e. The molecule has 0 unspecified atom stereocenters. The van der Waals surface area contributed by atoms with Crippen molar-refractivity contribution in [3.8, 4) is 0 Å². The quantitative estimate of drug-likeness (QED) is 0.441. The summed E-state index contributed by atoms with van der Waals surface area (Å²) in [4.78, 5) is 9.70. The van der Waals surface area contributed by atoms with Crippen LogP contribution in [0.25, 0.3) is 0 Å². The Bertz CT molecular complexity index is 85.5. The van der Waals surface area contributed by atoms with Gasteiger partial charge in [-0.2, -0.15) is 0 Å². The Morgan fingerprint density at radius 3 is 2.33 bits per heavy atom. The molecule has 0 saturated carbocycles. The summed E-state index contributed by atoms with van der Waals surface area (Å²) in [5.41, 5.74) is 0. The van der Waals surface area contributed by atoms with Crippen LogP contribution in [0.5, 0.6) is 0 Å². The van der Waals surface area contributed by atoms with Crippen molar-refractivity contribution in [3.63, 3.8) is 0 Å². The van der Waals surface area contributed by atoms with E-state index in [0.29, 0.717) is 13.0 Å². The number of carbonyl (C=O) groups excluding carboxylic acids is 1. The molecule has 2 nitrogen and oxygen atoms in total. The van der Waals surface area contributed by atoms with Gasteiger partial charge in [0.15, 0.2) is 8.32 Å². The minimum atomic E-state index is -1.37. The Kier molecular flexibility index (Phi) is 3.73. The molecule has 0 atom stereocenters. The Hall–Kier alpha value is -0.153. The number of hydrogen-bond acceptors (Lipinski definition) is 2. The van der Waals surface area contributed by atoms with Crippen molar-refractivity contribution in [2.75, 3.05) is 6.61 Å². The van der Waals surface area contributed by atoms with Crippen molar-refractivity contribution in [2.45, 2.75) is 26.1 Å². The van der Waals surface area contributed by atoms with E-state index in [-0.39, 0.29) is 0 Å². The molecule has 53 valence electrons. The second-order valence-corrected chi connectivity index (χ2v) is 7.37. The van der Waals surface area contributed by atoms with Gasteiger partial charge in [0.25, 0.3) is 0 Å². The van der Waals surface area contributed by atoms with Crippen molar-refractivity contribution in [3.05, 3.63) is 0 Å². The van der Waals surface area contributed by atoms with E-state index in [1.165, 1.54) is 0 Å². The van der Waals surface area contributed by atoms with Crippen LogP contribution in [0.2, 0.25) is 19.6 Å². The van der Waals surface area contributed by atoms with Gasteiger partial charge in [-0.15, -0.1) is 0 Å². The van der Waals surface area contributed by atoms with Gasteiger partial charge in [0.05, 0.1) is 0 Å². The Balaban J connectivity index is 3.17. The van der Waals surface area contributed by atoms with Gasteiger partial charge in [0, 0.05) is 13.0 Å². The van der Waals surface area contributed by atoms with Gasteiger partial charge in [-0.3, -0.25) is 4.79 Å². The average Bonchev–Trinajstić information content (AvgIpc) is 1.63. The molecule has 0 N–H and O–H groups in total. The summed E-state index contributed by atoms with van der Waals surface area (Å²) in [6.07, 6.45) is 2.19. The van der Waals surface area contributed by atoms with E-state index in [1.807, 2.05) is 0 Å². The third-order valence-electron chi connectivity index (χ3n) is 0.739. The highest BCUT2D eigenvalue weighted by atomic mass is 28.4. The molecule has 3 heteroatoms. The lowest BCUT2D eigenvalue weighted by Crippen LogP contribution is -2.25. The standard InChI is InChI=1S/C6H13O2Si/c1-9(2,3)8-6-4-5-7/h4,6H2,1-3H3. The second-order valence-electron chi connectivity index (χ2n) is 2.86. The summed E-state index contributed by atoms with van der Waals surface area (Å²) in [5, 5.41) is 0. The van der Waals surface area contributed by atoms with Crippen LogP contribution in [0.1, 0.15) is 6.42 Å². The van der Waals surface area contributed by atoms with Crippen LogP contribution in [0.15, 0.2) is 0 Å². The van der Waals surface area contributed by atoms with Gasteiger partial charge in [-0.25, -0.2) is 0 Å². The highest BCUT2D eigenvalue weighted by molar-refractivity contribution is 6.69. The van der Waals surface area contributed by atoms with Gasteiger partial charge in [-0.1, -0.05) is 0 Å². The van der Waals surface area contributed by atoms with Gasteiger partial charge in [0.1, 0.15) is 0 Å². The zero-order valence-corrected chi connectivity index (χ0v) is 7.23. The molecule has 0 aliphatic rings. The van der Waals surface area contributed by atoms with E-state index in [2.05, 4.69) is 19.6 Å². The Labute approximate surface area is 57.3 Å². The summed E-state index contributed by atoms with van der Waals surface area (Å²) in [5.74, 6) is 0. The fourth-order valence-corrected chi connectivity index (χ4v) is 1.11. The molecule has 0 heterocycles. The molecule has 0 spiro atoms. The first-order chi connectivity index (χ1) is 4.06. The molecule has 0 rings (SSSR count). The summed E-state index contributed by atoms with van der Waals surface area (Å²) < 4.78 is 5.35. The van der Waals surface area contributed by atoms with E-state index < -0.39 is 8.32 Å². The summed E-state index contributed by atoms with van der Waals surface area (Å²) >= 11 is 0. The molecule has 0 aliphatic heterocycles. The van der Waals surface area contributed by atoms with Crippen molar-refractivity contribution >= 4 is 14.6 Å². The van der Waals surface area contributed by atoms with E-state index in [4.69, 9.17) is 4.43 Å². The molecular formula is C6H13O2Si. The zero-order chi connectivity index (χ0) is 7.33. The maximum atomic E-state index is 9.70. The summed E-state index contributed by atoms with van der Waals surface area (Å²) in [7, 11) is -1.37. The Morgan fingerprint density at radius 1 is 1.44 bits per heavy atom. The SMILES string of the molecule is C[Si](C)(C)OCC[C]=O. The van der Waals surface area contributed by atoms with Crippen LogP contribution in [0.4, 0.5) is 0 Å². The first-order valence-electron chi connectivity index (χ1n) is 3.05. The third kappa shape index (κ3) is 7.85. The predicted octanol–water partition coefficient (Wildman–Crippen LogP) is 1.34. The first kappa shape index (κ1) is 8.85. The first-order valence-corrected chi connectivity index (χ1v) is 6.46. The molecule has 0 saturated heterocycles. The summed E-state index contributed by atoms with van der Waals surface area (Å²) in [6.45, 7) is 6.83. The van der Waals surface area contributed by atoms with Crippen molar-refractivity contribution in [1.82, 2.24) is 0 Å². The largest absolute Gasteiger partial charge is 0.417 e. The topological polar surface area (TPSA) is 26.3 Å². The lowest BCUT2D eigenvalue weighted by atomic mass is 10.5. The van der Waals surface area contributed by atoms with E-state index in [0.717, 1.165) is 0 Å². The highest BCUT2D eigenvalue weighted by Gasteiger charge is 2.12. The molecule has 0 bridgehead atoms. The lowest BCUT2D eigenvalue weighted by molar-refractivity contribution is 0.320. The molecule has 1 radical (unpaired) electrons. The summed E-state index contributed by atoms with van der Waals surface area (Å²) in [6, 6.07) is 0. The monoisotopic (exact) mass is 145 g/mol. The van der Waals surface area contributed by atoms with Gasteiger partial charge in [0.2, 0.25) is 6.29 Å². The van der Waals surface area contributed by atoms with Gasteiger partial charge < -0.3 is 4.43 Å². The molecule has 0 aromatic carbocycles. The van der Waals surface area contributed by atoms with Crippen LogP contribution in [0, 0.1) is 0 Å². The average molecular weight is 145 g/mol. The van der Waals surface area contributed by atoms with Crippen LogP contribution in [-0.4, -0.2) is 21.2 Å². The van der Waals surface area contributed by atoms with Crippen LogP contribution >= 0.6 is 0 Å². The van der Waals surface area contributed by atoms with Gasteiger partial charge in [-0.05, 0) is 19.6 Å². The van der Waals surface area contributed by atoms with E-state index in [1.54, 1.807) is 6.29 Å². The zero-order valence-electron chi connectivity index (χ0n) is 6.23. The maximum Gasteiger partial charge on any atom is 0.200 e. The second kappa shape index (κ2) is 3.79. The van der Waals surface area contributed by atoms with Gasteiger partial charge >= 0.3 is 0 Å². The molecule has 0 aliphatic carbocycles.